The van der Waals surface area contributed by atoms with E-state index in [0.717, 1.165) is 21.1 Å². The van der Waals surface area contributed by atoms with Crippen LogP contribution in [0.3, 0.4) is 0 Å². The van der Waals surface area contributed by atoms with Crippen molar-refractivity contribution in [3.63, 3.8) is 0 Å². The van der Waals surface area contributed by atoms with E-state index >= 15 is 0 Å². The molecule has 0 atom stereocenters. The number of rotatable bonds is 3. The van der Waals surface area contributed by atoms with Crippen LogP contribution in [-0.4, -0.2) is 20.2 Å². The molecule has 0 aliphatic heterocycles. The van der Waals surface area contributed by atoms with E-state index in [1.165, 1.54) is 11.8 Å². The van der Waals surface area contributed by atoms with Gasteiger partial charge in [-0.25, -0.2) is 10.8 Å². The molecule has 0 fully saturated rings. The SMILES string of the molecule is Cc1occc1Sc1nc(NN)nc2[nH]ncc12. The summed E-state index contributed by atoms with van der Waals surface area (Å²) in [6.07, 6.45) is 3.33. The minimum atomic E-state index is 0.343. The van der Waals surface area contributed by atoms with Crippen molar-refractivity contribution in [2.24, 2.45) is 5.84 Å². The van der Waals surface area contributed by atoms with Crippen molar-refractivity contribution in [1.29, 1.82) is 0 Å². The highest BCUT2D eigenvalue weighted by Crippen LogP contribution is 2.33. The van der Waals surface area contributed by atoms with Gasteiger partial charge in [-0.1, -0.05) is 11.8 Å². The summed E-state index contributed by atoms with van der Waals surface area (Å²) < 4.78 is 5.26. The van der Waals surface area contributed by atoms with Crippen LogP contribution in [0.15, 0.2) is 32.9 Å². The number of hydrogen-bond acceptors (Lipinski definition) is 7. The average Bonchev–Trinajstić information content (AvgIpc) is 2.98. The quantitative estimate of drug-likeness (QED) is 0.374. The van der Waals surface area contributed by atoms with Gasteiger partial charge in [0.2, 0.25) is 5.95 Å². The molecule has 18 heavy (non-hydrogen) atoms. The molecular formula is C10H10N6OS. The molecule has 0 unspecified atom stereocenters. The Morgan fingerprint density at radius 1 is 1.44 bits per heavy atom. The molecule has 3 rings (SSSR count). The van der Waals surface area contributed by atoms with E-state index in [0.29, 0.717) is 11.6 Å². The van der Waals surface area contributed by atoms with Crippen molar-refractivity contribution in [3.8, 4) is 0 Å². The van der Waals surface area contributed by atoms with Crippen molar-refractivity contribution in [2.75, 3.05) is 5.43 Å². The lowest BCUT2D eigenvalue weighted by molar-refractivity contribution is 0.527. The largest absolute Gasteiger partial charge is 0.468 e. The van der Waals surface area contributed by atoms with Crippen LogP contribution in [0.1, 0.15) is 5.76 Å². The standard InChI is InChI=1S/C10H10N6OS/c1-5-7(2-3-17-5)18-9-6-4-12-16-8(6)13-10(14-9)15-11/h2-4H,11H2,1H3,(H2,12,13,14,15,16). The Bertz CT molecular complexity index is 691. The van der Waals surface area contributed by atoms with Gasteiger partial charge in [0, 0.05) is 0 Å². The molecule has 0 aliphatic carbocycles. The van der Waals surface area contributed by atoms with Crippen LogP contribution in [0.25, 0.3) is 11.0 Å². The molecule has 0 saturated carbocycles. The number of nitrogen functional groups attached to an aromatic ring is 1. The Hall–Kier alpha value is -2.06. The lowest BCUT2D eigenvalue weighted by Gasteiger charge is -2.03. The monoisotopic (exact) mass is 262 g/mol. The number of hydrazine groups is 1. The third-order valence-corrected chi connectivity index (χ3v) is 3.57. The lowest BCUT2D eigenvalue weighted by Crippen LogP contribution is -2.10. The van der Waals surface area contributed by atoms with Crippen molar-refractivity contribution >= 4 is 28.7 Å². The van der Waals surface area contributed by atoms with Crippen LogP contribution in [-0.2, 0) is 0 Å². The van der Waals surface area contributed by atoms with Gasteiger partial charge < -0.3 is 4.42 Å². The molecular weight excluding hydrogens is 252 g/mol. The van der Waals surface area contributed by atoms with Crippen molar-refractivity contribution in [3.05, 3.63) is 24.3 Å². The molecule has 3 heterocycles. The van der Waals surface area contributed by atoms with Crippen LogP contribution in [0.4, 0.5) is 5.95 Å². The number of furan rings is 1. The van der Waals surface area contributed by atoms with Gasteiger partial charge in [0.25, 0.3) is 0 Å². The zero-order valence-corrected chi connectivity index (χ0v) is 10.3. The summed E-state index contributed by atoms with van der Waals surface area (Å²) in [5.74, 6) is 6.53. The third-order valence-electron chi connectivity index (χ3n) is 2.42. The van der Waals surface area contributed by atoms with E-state index in [-0.39, 0.29) is 0 Å². The fourth-order valence-corrected chi connectivity index (χ4v) is 2.45. The predicted molar refractivity (Wildman–Crippen MR) is 67.1 cm³/mol. The molecule has 8 heteroatoms. The van der Waals surface area contributed by atoms with Crippen LogP contribution in [0, 0.1) is 6.92 Å². The first-order valence-corrected chi connectivity index (χ1v) is 5.99. The molecule has 0 aromatic carbocycles. The summed E-state index contributed by atoms with van der Waals surface area (Å²) in [7, 11) is 0. The summed E-state index contributed by atoms with van der Waals surface area (Å²) in [5.41, 5.74) is 3.08. The van der Waals surface area contributed by atoms with E-state index in [2.05, 4.69) is 25.6 Å². The highest BCUT2D eigenvalue weighted by Gasteiger charge is 2.12. The molecule has 4 N–H and O–H groups in total. The number of nitrogens with two attached hydrogens (primary N) is 1. The van der Waals surface area contributed by atoms with Crippen LogP contribution >= 0.6 is 11.8 Å². The van der Waals surface area contributed by atoms with Gasteiger partial charge >= 0.3 is 0 Å². The average molecular weight is 262 g/mol. The number of aryl methyl sites for hydroxylation is 1. The van der Waals surface area contributed by atoms with Gasteiger partial charge in [-0.2, -0.15) is 10.1 Å². The van der Waals surface area contributed by atoms with Gasteiger partial charge in [0.05, 0.1) is 22.7 Å². The van der Waals surface area contributed by atoms with E-state index in [4.69, 9.17) is 10.3 Å². The zero-order chi connectivity index (χ0) is 12.5. The number of aromatic amines is 1. The van der Waals surface area contributed by atoms with E-state index in [9.17, 15) is 0 Å². The van der Waals surface area contributed by atoms with Gasteiger partial charge in [0.15, 0.2) is 5.65 Å². The van der Waals surface area contributed by atoms with Crippen LogP contribution in [0.2, 0.25) is 0 Å². The highest BCUT2D eigenvalue weighted by atomic mass is 32.2. The van der Waals surface area contributed by atoms with E-state index < -0.39 is 0 Å². The lowest BCUT2D eigenvalue weighted by atomic mass is 10.4. The normalized spacial score (nSPS) is 11.0. The summed E-state index contributed by atoms with van der Waals surface area (Å²) >= 11 is 1.48. The number of fused-ring (bicyclic) bond motifs is 1. The molecule has 92 valence electrons. The van der Waals surface area contributed by atoms with Crippen LogP contribution in [0.5, 0.6) is 0 Å². The summed E-state index contributed by atoms with van der Waals surface area (Å²) in [4.78, 5) is 9.48. The Labute approximate surface area is 106 Å². The second kappa shape index (κ2) is 4.31. The third kappa shape index (κ3) is 1.81. The molecule has 3 aromatic heterocycles. The number of H-pyrrole nitrogens is 1. The van der Waals surface area contributed by atoms with E-state index in [1.54, 1.807) is 12.5 Å². The number of hydrogen-bond donors (Lipinski definition) is 3. The molecule has 0 aliphatic rings. The number of anilines is 1. The fraction of sp³-hybridized carbons (Fsp3) is 0.100. The van der Waals surface area contributed by atoms with Crippen molar-refractivity contribution < 1.29 is 4.42 Å². The molecule has 0 amide bonds. The summed E-state index contributed by atoms with van der Waals surface area (Å²) in [6, 6.07) is 1.89. The molecule has 7 nitrogen and oxygen atoms in total. The van der Waals surface area contributed by atoms with Crippen LogP contribution < -0.4 is 11.3 Å². The Morgan fingerprint density at radius 3 is 3.06 bits per heavy atom. The number of nitrogens with zero attached hydrogens (tertiary/aromatic N) is 3. The smallest absolute Gasteiger partial charge is 0.240 e. The van der Waals surface area contributed by atoms with E-state index in [1.807, 2.05) is 13.0 Å². The Kier molecular flexibility index (Phi) is 2.65. The minimum Gasteiger partial charge on any atom is -0.468 e. The topological polar surface area (TPSA) is 106 Å². The maximum Gasteiger partial charge on any atom is 0.240 e. The number of aromatic nitrogens is 4. The Morgan fingerprint density at radius 2 is 2.33 bits per heavy atom. The second-order valence-corrected chi connectivity index (χ2v) is 4.60. The molecule has 0 radical (unpaired) electrons. The highest BCUT2D eigenvalue weighted by molar-refractivity contribution is 7.99. The first-order chi connectivity index (χ1) is 8.78. The first kappa shape index (κ1) is 11.1. The predicted octanol–water partition coefficient (Wildman–Crippen LogP) is 1.69. The molecule has 0 spiro atoms. The van der Waals surface area contributed by atoms with Crippen molar-refractivity contribution in [2.45, 2.75) is 16.8 Å². The second-order valence-electron chi connectivity index (χ2n) is 3.57. The molecule has 3 aromatic rings. The van der Waals surface area contributed by atoms with Gasteiger partial charge in [-0.3, -0.25) is 10.5 Å². The summed E-state index contributed by atoms with van der Waals surface area (Å²) in [5, 5.41) is 8.37. The Balaban J connectivity index is 2.10. The maximum atomic E-state index is 5.34. The van der Waals surface area contributed by atoms with Gasteiger partial charge in [-0.05, 0) is 13.0 Å². The van der Waals surface area contributed by atoms with Gasteiger partial charge in [-0.15, -0.1) is 0 Å². The minimum absolute atomic E-state index is 0.343. The zero-order valence-electron chi connectivity index (χ0n) is 9.47. The molecule has 0 saturated heterocycles. The summed E-state index contributed by atoms with van der Waals surface area (Å²) in [6.45, 7) is 1.90. The van der Waals surface area contributed by atoms with Crippen molar-refractivity contribution in [1.82, 2.24) is 20.2 Å². The fourth-order valence-electron chi connectivity index (χ4n) is 1.53. The van der Waals surface area contributed by atoms with Gasteiger partial charge in [0.1, 0.15) is 10.8 Å². The molecule has 0 bridgehead atoms. The first-order valence-electron chi connectivity index (χ1n) is 5.17. The number of nitrogens with one attached hydrogen (secondary N) is 2. The maximum absolute atomic E-state index is 5.34.